The maximum absolute atomic E-state index is 13.7. The standard InChI is InChI=1S/C35H35N5O6S/c1-24(36-35(43)46-23-25-6-3-2-4-7-25)32(41)37-27-11-9-26(10-12-27)31-33(42)40(22-30-8-5-19-45-30)34(47-31)38-28-13-15-29(16-14-28)39-17-20-44-21-18-39/h2-16,19,24,31H,17-18,20-23H2,1H3,(H,36,43)(H,37,41)/b38-34-/t24-,31?/m0/s1. The molecule has 0 spiro atoms. The number of nitrogens with zero attached hydrogens (tertiary/aromatic N) is 3. The first-order chi connectivity index (χ1) is 22.9. The van der Waals surface area contributed by atoms with Gasteiger partial charge in [-0.15, -0.1) is 0 Å². The van der Waals surface area contributed by atoms with Gasteiger partial charge in [-0.3, -0.25) is 14.5 Å². The second-order valence-corrected chi connectivity index (χ2v) is 12.1. The highest BCUT2D eigenvalue weighted by atomic mass is 32.2. The molecule has 11 nitrogen and oxygen atoms in total. The third-order valence-electron chi connectivity index (χ3n) is 7.71. The van der Waals surface area contributed by atoms with E-state index in [9.17, 15) is 14.4 Å². The van der Waals surface area contributed by atoms with Gasteiger partial charge in [0.15, 0.2) is 5.17 Å². The fourth-order valence-electron chi connectivity index (χ4n) is 5.13. The number of carbonyl (C=O) groups excluding carboxylic acids is 3. The topological polar surface area (TPSA) is 126 Å². The molecule has 1 aromatic heterocycles. The van der Waals surface area contributed by atoms with Crippen molar-refractivity contribution in [2.24, 2.45) is 4.99 Å². The number of rotatable bonds is 10. The Morgan fingerprint density at radius 1 is 0.979 bits per heavy atom. The van der Waals surface area contributed by atoms with E-state index in [0.717, 1.165) is 35.6 Å². The summed E-state index contributed by atoms with van der Waals surface area (Å²) in [5.41, 5.74) is 4.00. The number of aliphatic imine (C=N–C) groups is 1. The Morgan fingerprint density at radius 2 is 1.72 bits per heavy atom. The van der Waals surface area contributed by atoms with Crippen LogP contribution in [-0.4, -0.2) is 60.3 Å². The largest absolute Gasteiger partial charge is 0.467 e. The second kappa shape index (κ2) is 15.0. The van der Waals surface area contributed by atoms with Crippen LogP contribution in [0.15, 0.2) is 107 Å². The molecule has 3 amide bonds. The Labute approximate surface area is 276 Å². The molecule has 0 bridgehead atoms. The molecule has 2 N–H and O–H groups in total. The molecule has 2 fully saturated rings. The van der Waals surface area contributed by atoms with Gasteiger partial charge in [0.25, 0.3) is 0 Å². The minimum Gasteiger partial charge on any atom is -0.467 e. The van der Waals surface area contributed by atoms with Gasteiger partial charge in [-0.25, -0.2) is 9.79 Å². The zero-order chi connectivity index (χ0) is 32.6. The molecule has 2 saturated heterocycles. The average molecular weight is 654 g/mol. The summed E-state index contributed by atoms with van der Waals surface area (Å²) >= 11 is 1.37. The molecule has 2 atom stereocenters. The fourth-order valence-corrected chi connectivity index (χ4v) is 6.30. The second-order valence-electron chi connectivity index (χ2n) is 11.1. The first kappa shape index (κ1) is 31.9. The van der Waals surface area contributed by atoms with E-state index in [1.54, 1.807) is 36.3 Å². The normalized spacial score (nSPS) is 17.9. The number of amidine groups is 1. The number of carbonyl (C=O) groups is 3. The van der Waals surface area contributed by atoms with Crippen molar-refractivity contribution in [3.63, 3.8) is 0 Å². The molecule has 47 heavy (non-hydrogen) atoms. The summed E-state index contributed by atoms with van der Waals surface area (Å²) in [7, 11) is 0. The smallest absolute Gasteiger partial charge is 0.408 e. The molecule has 0 aliphatic carbocycles. The van der Waals surface area contributed by atoms with Gasteiger partial charge in [-0.1, -0.05) is 54.2 Å². The molecule has 3 heterocycles. The van der Waals surface area contributed by atoms with Crippen molar-refractivity contribution in [1.82, 2.24) is 10.2 Å². The summed E-state index contributed by atoms with van der Waals surface area (Å²) in [6, 6.07) is 27.1. The van der Waals surface area contributed by atoms with Gasteiger partial charge < -0.3 is 29.4 Å². The Balaban J connectivity index is 1.10. The number of nitrogens with one attached hydrogen (secondary N) is 2. The predicted octanol–water partition coefficient (Wildman–Crippen LogP) is 5.87. The lowest BCUT2D eigenvalue weighted by molar-refractivity contribution is -0.126. The zero-order valence-electron chi connectivity index (χ0n) is 25.8. The molecule has 242 valence electrons. The number of anilines is 2. The Hall–Kier alpha value is -5.07. The van der Waals surface area contributed by atoms with Gasteiger partial charge in [0, 0.05) is 24.5 Å². The average Bonchev–Trinajstić information content (AvgIpc) is 3.73. The number of amides is 3. The van der Waals surface area contributed by atoms with Gasteiger partial charge in [-0.05, 0) is 66.6 Å². The number of hydrogen-bond donors (Lipinski definition) is 2. The van der Waals surface area contributed by atoms with E-state index in [2.05, 4.69) is 15.5 Å². The van der Waals surface area contributed by atoms with Gasteiger partial charge in [-0.2, -0.15) is 0 Å². The number of hydrogen-bond acceptors (Lipinski definition) is 9. The SMILES string of the molecule is C[C@H](NC(=O)OCc1ccccc1)C(=O)Nc1ccc(C2S/C(=N\c3ccc(N4CCOCC4)cc3)N(Cc3ccco3)C2=O)cc1. The first-order valence-corrected chi connectivity index (χ1v) is 16.2. The Morgan fingerprint density at radius 3 is 2.43 bits per heavy atom. The molecular weight excluding hydrogens is 618 g/mol. The number of furan rings is 1. The molecule has 4 aromatic rings. The minimum atomic E-state index is -0.832. The van der Waals surface area contributed by atoms with Gasteiger partial charge in [0.1, 0.15) is 23.7 Å². The van der Waals surface area contributed by atoms with Crippen LogP contribution in [0.25, 0.3) is 0 Å². The highest BCUT2D eigenvalue weighted by Crippen LogP contribution is 2.41. The molecule has 0 radical (unpaired) electrons. The molecule has 2 aliphatic rings. The van der Waals surface area contributed by atoms with Crippen LogP contribution < -0.4 is 15.5 Å². The first-order valence-electron chi connectivity index (χ1n) is 15.3. The van der Waals surface area contributed by atoms with Crippen molar-refractivity contribution in [2.75, 3.05) is 36.5 Å². The van der Waals surface area contributed by atoms with Crippen LogP contribution in [0.4, 0.5) is 21.9 Å². The maximum Gasteiger partial charge on any atom is 0.408 e. The van der Waals surface area contributed by atoms with Gasteiger partial charge in [0.05, 0.1) is 31.7 Å². The molecule has 12 heteroatoms. The van der Waals surface area contributed by atoms with Gasteiger partial charge in [0.2, 0.25) is 11.8 Å². The van der Waals surface area contributed by atoms with Crippen LogP contribution in [0, 0.1) is 0 Å². The van der Waals surface area contributed by atoms with Crippen molar-refractivity contribution >= 4 is 51.9 Å². The number of benzene rings is 3. The molecule has 3 aromatic carbocycles. The number of alkyl carbamates (subject to hydrolysis) is 1. The van der Waals surface area contributed by atoms with Gasteiger partial charge >= 0.3 is 6.09 Å². The van der Waals surface area contributed by atoms with Crippen molar-refractivity contribution < 1.29 is 28.3 Å². The number of morpholine rings is 1. The summed E-state index contributed by atoms with van der Waals surface area (Å²) in [6.07, 6.45) is 0.895. The van der Waals surface area contributed by atoms with Crippen molar-refractivity contribution in [3.05, 3.63) is 114 Å². The summed E-state index contributed by atoms with van der Waals surface area (Å²) in [4.78, 5) is 47.5. The molecule has 6 rings (SSSR count). The summed E-state index contributed by atoms with van der Waals surface area (Å²) in [5, 5.41) is 5.39. The lowest BCUT2D eigenvalue weighted by Gasteiger charge is -2.28. The maximum atomic E-state index is 13.7. The van der Waals surface area contributed by atoms with Crippen LogP contribution in [0.5, 0.6) is 0 Å². The molecule has 2 aliphatic heterocycles. The third-order valence-corrected chi connectivity index (χ3v) is 8.94. The monoisotopic (exact) mass is 653 g/mol. The fraction of sp³-hybridized carbons (Fsp3) is 0.257. The van der Waals surface area contributed by atoms with Crippen LogP contribution in [0.1, 0.15) is 29.1 Å². The van der Waals surface area contributed by atoms with Crippen molar-refractivity contribution in [2.45, 2.75) is 31.4 Å². The van der Waals surface area contributed by atoms with E-state index in [0.29, 0.717) is 29.8 Å². The highest BCUT2D eigenvalue weighted by molar-refractivity contribution is 8.15. The van der Waals surface area contributed by atoms with Crippen LogP contribution in [-0.2, 0) is 32.2 Å². The Bertz CT molecular complexity index is 1690. The molecular formula is C35H35N5O6S. The third kappa shape index (κ3) is 8.21. The Kier molecular flexibility index (Phi) is 10.2. The summed E-state index contributed by atoms with van der Waals surface area (Å²) in [5.74, 6) is 0.137. The number of thioether (sulfide) groups is 1. The van der Waals surface area contributed by atoms with Crippen LogP contribution in [0.3, 0.4) is 0 Å². The lowest BCUT2D eigenvalue weighted by Crippen LogP contribution is -2.41. The molecule has 0 saturated carbocycles. The van der Waals surface area contributed by atoms with Crippen molar-refractivity contribution in [3.8, 4) is 0 Å². The molecule has 1 unspecified atom stereocenters. The summed E-state index contributed by atoms with van der Waals surface area (Å²) in [6.45, 7) is 5.05. The quantitative estimate of drug-likeness (QED) is 0.218. The van der Waals surface area contributed by atoms with E-state index < -0.39 is 23.3 Å². The lowest BCUT2D eigenvalue weighted by atomic mass is 10.1. The van der Waals surface area contributed by atoms with Crippen LogP contribution >= 0.6 is 11.8 Å². The minimum absolute atomic E-state index is 0.104. The van der Waals surface area contributed by atoms with Crippen molar-refractivity contribution in [1.29, 1.82) is 0 Å². The highest BCUT2D eigenvalue weighted by Gasteiger charge is 2.39. The van der Waals surface area contributed by atoms with Crippen LogP contribution in [0.2, 0.25) is 0 Å². The van der Waals surface area contributed by atoms with E-state index in [4.69, 9.17) is 18.9 Å². The predicted molar refractivity (Wildman–Crippen MR) is 180 cm³/mol. The van der Waals surface area contributed by atoms with E-state index in [-0.39, 0.29) is 19.1 Å². The van der Waals surface area contributed by atoms with E-state index in [1.165, 1.54) is 11.8 Å². The van der Waals surface area contributed by atoms with E-state index >= 15 is 0 Å². The number of ether oxygens (including phenoxy) is 2. The van der Waals surface area contributed by atoms with E-state index in [1.807, 2.05) is 72.8 Å². The zero-order valence-corrected chi connectivity index (χ0v) is 26.7. The summed E-state index contributed by atoms with van der Waals surface area (Å²) < 4.78 is 16.2.